The molecule has 0 aliphatic carbocycles. The molecule has 0 spiro atoms. The summed E-state index contributed by atoms with van der Waals surface area (Å²) in [6.45, 7) is 6.41. The maximum absolute atomic E-state index is 5.87. The fourth-order valence-corrected chi connectivity index (χ4v) is 3.14. The van der Waals surface area contributed by atoms with Gasteiger partial charge in [-0.15, -0.1) is 0 Å². The molecule has 0 bridgehead atoms. The second-order valence-electron chi connectivity index (χ2n) is 4.60. The van der Waals surface area contributed by atoms with E-state index in [0.717, 1.165) is 19.6 Å². The van der Waals surface area contributed by atoms with Crippen molar-refractivity contribution in [2.45, 2.75) is 38.8 Å². The molecule has 1 aromatic heterocycles. The molecule has 2 heterocycles. The quantitative estimate of drug-likeness (QED) is 0.853. The van der Waals surface area contributed by atoms with Crippen LogP contribution in [0.25, 0.3) is 0 Å². The van der Waals surface area contributed by atoms with Gasteiger partial charge in [0.25, 0.3) is 0 Å². The molecule has 3 heteroatoms. The summed E-state index contributed by atoms with van der Waals surface area (Å²) in [6.07, 6.45) is 2.68. The second kappa shape index (κ2) is 5.80. The molecule has 0 aromatic carbocycles. The lowest BCUT2D eigenvalue weighted by Gasteiger charge is -2.26. The Kier molecular flexibility index (Phi) is 4.38. The lowest BCUT2D eigenvalue weighted by atomic mass is 9.94. The zero-order chi connectivity index (χ0) is 11.4. The Labute approximate surface area is 102 Å². The van der Waals surface area contributed by atoms with Crippen LogP contribution in [0.2, 0.25) is 0 Å². The highest BCUT2D eigenvalue weighted by molar-refractivity contribution is 7.07. The fourth-order valence-electron chi connectivity index (χ4n) is 2.46. The van der Waals surface area contributed by atoms with Gasteiger partial charge in [-0.25, -0.2) is 0 Å². The van der Waals surface area contributed by atoms with Crippen LogP contribution in [-0.2, 0) is 11.2 Å². The molecular weight excluding hydrogens is 218 g/mol. The SMILES string of the molecule is CCNC(Cc1ccsc1)C1OCCC1C. The summed E-state index contributed by atoms with van der Waals surface area (Å²) in [4.78, 5) is 0. The average Bonchev–Trinajstić information content (AvgIpc) is 2.88. The number of nitrogens with one attached hydrogen (secondary N) is 1. The summed E-state index contributed by atoms with van der Waals surface area (Å²) in [5.41, 5.74) is 1.43. The van der Waals surface area contributed by atoms with Crippen LogP contribution < -0.4 is 5.32 Å². The minimum Gasteiger partial charge on any atom is -0.376 e. The maximum atomic E-state index is 5.87. The summed E-state index contributed by atoms with van der Waals surface area (Å²) in [7, 11) is 0. The molecular formula is C13H21NOS. The molecule has 3 atom stereocenters. The molecule has 1 aliphatic heterocycles. The minimum absolute atomic E-state index is 0.389. The predicted molar refractivity (Wildman–Crippen MR) is 69.0 cm³/mol. The fraction of sp³-hybridized carbons (Fsp3) is 0.692. The summed E-state index contributed by atoms with van der Waals surface area (Å²) >= 11 is 1.77. The normalized spacial score (nSPS) is 27.1. The number of rotatable bonds is 5. The molecule has 1 aromatic rings. The molecule has 1 fully saturated rings. The predicted octanol–water partition coefficient (Wildman–Crippen LogP) is 2.69. The van der Waals surface area contributed by atoms with E-state index in [4.69, 9.17) is 4.74 Å². The first-order valence-corrected chi connectivity index (χ1v) is 7.11. The lowest BCUT2D eigenvalue weighted by Crippen LogP contribution is -2.43. The highest BCUT2D eigenvalue weighted by Crippen LogP contribution is 2.25. The largest absolute Gasteiger partial charge is 0.376 e. The molecule has 2 nitrogen and oxygen atoms in total. The molecule has 0 amide bonds. The Hall–Kier alpha value is -0.380. The van der Waals surface area contributed by atoms with Crippen LogP contribution >= 0.6 is 11.3 Å². The zero-order valence-corrected chi connectivity index (χ0v) is 10.9. The summed E-state index contributed by atoms with van der Waals surface area (Å²) < 4.78 is 5.87. The minimum atomic E-state index is 0.389. The van der Waals surface area contributed by atoms with Gasteiger partial charge in [0.05, 0.1) is 6.10 Å². The van der Waals surface area contributed by atoms with Crippen molar-refractivity contribution >= 4 is 11.3 Å². The Morgan fingerprint density at radius 2 is 2.50 bits per heavy atom. The van der Waals surface area contributed by atoms with E-state index in [-0.39, 0.29) is 0 Å². The number of ether oxygens (including phenoxy) is 1. The molecule has 0 radical (unpaired) electrons. The zero-order valence-electron chi connectivity index (χ0n) is 10.1. The molecule has 90 valence electrons. The van der Waals surface area contributed by atoms with Crippen LogP contribution in [0, 0.1) is 5.92 Å². The van der Waals surface area contributed by atoms with Crippen LogP contribution in [0.1, 0.15) is 25.8 Å². The van der Waals surface area contributed by atoms with E-state index in [2.05, 4.69) is 36.0 Å². The standard InChI is InChI=1S/C13H21NOS/c1-3-14-12(8-11-5-7-16-9-11)13-10(2)4-6-15-13/h5,7,9-10,12-14H,3-4,6,8H2,1-2H3. The van der Waals surface area contributed by atoms with E-state index in [1.54, 1.807) is 11.3 Å². The molecule has 3 unspecified atom stereocenters. The number of thiophene rings is 1. The van der Waals surface area contributed by atoms with Gasteiger partial charge in [0.2, 0.25) is 0 Å². The lowest BCUT2D eigenvalue weighted by molar-refractivity contribution is 0.0615. The van der Waals surface area contributed by atoms with Crippen molar-refractivity contribution in [3.63, 3.8) is 0 Å². The Morgan fingerprint density at radius 1 is 1.62 bits per heavy atom. The molecule has 1 aliphatic rings. The van der Waals surface area contributed by atoms with Crippen LogP contribution in [0.5, 0.6) is 0 Å². The Balaban J connectivity index is 1.99. The smallest absolute Gasteiger partial charge is 0.0757 e. The van der Waals surface area contributed by atoms with Crippen molar-refractivity contribution < 1.29 is 4.74 Å². The average molecular weight is 239 g/mol. The van der Waals surface area contributed by atoms with Crippen molar-refractivity contribution in [3.05, 3.63) is 22.4 Å². The van der Waals surface area contributed by atoms with Gasteiger partial charge in [0, 0.05) is 12.6 Å². The van der Waals surface area contributed by atoms with Gasteiger partial charge in [-0.05, 0) is 47.7 Å². The van der Waals surface area contributed by atoms with E-state index in [9.17, 15) is 0 Å². The van der Waals surface area contributed by atoms with Gasteiger partial charge >= 0.3 is 0 Å². The first kappa shape index (κ1) is 12.1. The summed E-state index contributed by atoms with van der Waals surface area (Å²) in [5, 5.41) is 7.96. The first-order chi connectivity index (χ1) is 7.81. The number of hydrogen-bond acceptors (Lipinski definition) is 3. The molecule has 0 saturated carbocycles. The van der Waals surface area contributed by atoms with Gasteiger partial charge in [0.1, 0.15) is 0 Å². The van der Waals surface area contributed by atoms with Crippen molar-refractivity contribution in [2.24, 2.45) is 5.92 Å². The van der Waals surface area contributed by atoms with Gasteiger partial charge in [-0.1, -0.05) is 13.8 Å². The van der Waals surface area contributed by atoms with Crippen molar-refractivity contribution in [1.82, 2.24) is 5.32 Å². The van der Waals surface area contributed by atoms with Gasteiger partial charge in [-0.2, -0.15) is 11.3 Å². The van der Waals surface area contributed by atoms with E-state index in [1.165, 1.54) is 12.0 Å². The van der Waals surface area contributed by atoms with Gasteiger partial charge in [-0.3, -0.25) is 0 Å². The maximum Gasteiger partial charge on any atom is 0.0757 e. The van der Waals surface area contributed by atoms with Crippen molar-refractivity contribution in [2.75, 3.05) is 13.2 Å². The van der Waals surface area contributed by atoms with E-state index in [0.29, 0.717) is 18.1 Å². The molecule has 16 heavy (non-hydrogen) atoms. The third-order valence-electron chi connectivity index (χ3n) is 3.34. The first-order valence-electron chi connectivity index (χ1n) is 6.17. The van der Waals surface area contributed by atoms with Gasteiger partial charge < -0.3 is 10.1 Å². The van der Waals surface area contributed by atoms with Crippen LogP contribution in [-0.4, -0.2) is 25.3 Å². The van der Waals surface area contributed by atoms with Crippen LogP contribution in [0.4, 0.5) is 0 Å². The highest BCUT2D eigenvalue weighted by Gasteiger charge is 2.31. The topological polar surface area (TPSA) is 21.3 Å². The third-order valence-corrected chi connectivity index (χ3v) is 4.07. The molecule has 2 rings (SSSR count). The third kappa shape index (κ3) is 2.84. The highest BCUT2D eigenvalue weighted by atomic mass is 32.1. The number of hydrogen-bond donors (Lipinski definition) is 1. The van der Waals surface area contributed by atoms with Crippen molar-refractivity contribution in [3.8, 4) is 0 Å². The molecule has 1 N–H and O–H groups in total. The van der Waals surface area contributed by atoms with Crippen LogP contribution in [0.3, 0.4) is 0 Å². The summed E-state index contributed by atoms with van der Waals surface area (Å²) in [6, 6.07) is 2.69. The van der Waals surface area contributed by atoms with Crippen LogP contribution in [0.15, 0.2) is 16.8 Å². The van der Waals surface area contributed by atoms with E-state index < -0.39 is 0 Å². The van der Waals surface area contributed by atoms with E-state index in [1.807, 2.05) is 0 Å². The molecule has 1 saturated heterocycles. The van der Waals surface area contributed by atoms with Crippen molar-refractivity contribution in [1.29, 1.82) is 0 Å². The van der Waals surface area contributed by atoms with Gasteiger partial charge in [0.15, 0.2) is 0 Å². The van der Waals surface area contributed by atoms with E-state index >= 15 is 0 Å². The summed E-state index contributed by atoms with van der Waals surface area (Å²) in [5.74, 6) is 0.683. The number of likely N-dealkylation sites (N-methyl/N-ethyl adjacent to an activating group) is 1. The Bertz CT molecular complexity index is 299. The second-order valence-corrected chi connectivity index (χ2v) is 5.38. The monoisotopic (exact) mass is 239 g/mol. The Morgan fingerprint density at radius 3 is 3.06 bits per heavy atom.